The molecule has 1 N–H and O–H groups in total. The van der Waals surface area contributed by atoms with Gasteiger partial charge in [-0.1, -0.05) is 13.8 Å². The molecule has 0 bridgehead atoms. The fourth-order valence-corrected chi connectivity index (χ4v) is 1.45. The molecule has 0 unspecified atom stereocenters. The van der Waals surface area contributed by atoms with E-state index in [1.54, 1.807) is 11.9 Å². The molecule has 0 atom stereocenters. The van der Waals surface area contributed by atoms with Crippen LogP contribution in [-0.4, -0.2) is 40.5 Å². The van der Waals surface area contributed by atoms with E-state index in [4.69, 9.17) is 5.11 Å². The Bertz CT molecular complexity index is 444. The first-order valence-corrected chi connectivity index (χ1v) is 5.85. The number of aromatic nitrogens is 1. The smallest absolute Gasteiger partial charge is 0.337 e. The van der Waals surface area contributed by atoms with Gasteiger partial charge >= 0.3 is 5.97 Å². The van der Waals surface area contributed by atoms with E-state index in [1.807, 2.05) is 0 Å². The van der Waals surface area contributed by atoms with Crippen LogP contribution >= 0.6 is 0 Å². The first-order valence-electron chi connectivity index (χ1n) is 5.85. The highest BCUT2D eigenvalue weighted by molar-refractivity contribution is 5.96. The number of carboxylic acids is 1. The summed E-state index contributed by atoms with van der Waals surface area (Å²) in [4.78, 5) is 28.2. The summed E-state index contributed by atoms with van der Waals surface area (Å²) in [5.41, 5.74) is 0.333. The Balaban J connectivity index is 2.77. The van der Waals surface area contributed by atoms with Gasteiger partial charge in [-0.25, -0.2) is 4.79 Å². The van der Waals surface area contributed by atoms with Gasteiger partial charge < -0.3 is 10.0 Å². The number of hydrogen-bond donors (Lipinski definition) is 1. The molecular formula is C13H18N2O3. The molecular weight excluding hydrogens is 232 g/mol. The first kappa shape index (κ1) is 14.2. The van der Waals surface area contributed by atoms with E-state index in [-0.39, 0.29) is 11.5 Å². The summed E-state index contributed by atoms with van der Waals surface area (Å²) in [6.45, 7) is 4.82. The molecule has 0 radical (unpaired) electrons. The Morgan fingerprint density at radius 3 is 2.50 bits per heavy atom. The van der Waals surface area contributed by atoms with E-state index in [0.29, 0.717) is 18.0 Å². The Kier molecular flexibility index (Phi) is 4.83. The number of nitrogens with zero attached hydrogens (tertiary/aromatic N) is 2. The highest BCUT2D eigenvalue weighted by Gasteiger charge is 2.14. The fourth-order valence-electron chi connectivity index (χ4n) is 1.45. The van der Waals surface area contributed by atoms with Crippen molar-refractivity contribution in [2.75, 3.05) is 13.6 Å². The van der Waals surface area contributed by atoms with Gasteiger partial charge in [-0.05, 0) is 18.4 Å². The van der Waals surface area contributed by atoms with Crippen LogP contribution in [0.1, 0.15) is 41.0 Å². The van der Waals surface area contributed by atoms with Gasteiger partial charge in [0, 0.05) is 26.0 Å². The molecule has 0 aliphatic heterocycles. The molecule has 5 nitrogen and oxygen atoms in total. The van der Waals surface area contributed by atoms with Crippen LogP contribution in [0.5, 0.6) is 0 Å². The second-order valence-electron chi connectivity index (χ2n) is 4.68. The molecule has 0 saturated carbocycles. The van der Waals surface area contributed by atoms with E-state index in [9.17, 15) is 9.59 Å². The third kappa shape index (κ3) is 3.84. The maximum Gasteiger partial charge on any atom is 0.337 e. The minimum absolute atomic E-state index is 0.0260. The van der Waals surface area contributed by atoms with Gasteiger partial charge in [0.2, 0.25) is 0 Å². The van der Waals surface area contributed by atoms with Gasteiger partial charge in [0.15, 0.2) is 0 Å². The second-order valence-corrected chi connectivity index (χ2v) is 4.68. The number of aromatic carboxylic acids is 1. The summed E-state index contributed by atoms with van der Waals surface area (Å²) in [6, 6.07) is 1.35. The normalized spacial score (nSPS) is 10.4. The van der Waals surface area contributed by atoms with Crippen molar-refractivity contribution >= 4 is 11.9 Å². The zero-order valence-electron chi connectivity index (χ0n) is 10.9. The summed E-state index contributed by atoms with van der Waals surface area (Å²) in [6.07, 6.45) is 3.53. The monoisotopic (exact) mass is 250 g/mol. The van der Waals surface area contributed by atoms with E-state index >= 15 is 0 Å². The number of pyridine rings is 1. The largest absolute Gasteiger partial charge is 0.478 e. The van der Waals surface area contributed by atoms with Crippen LogP contribution in [0.4, 0.5) is 0 Å². The Labute approximate surface area is 106 Å². The molecule has 0 aliphatic rings. The number of carbonyl (C=O) groups excluding carboxylic acids is 1. The number of rotatable bonds is 5. The summed E-state index contributed by atoms with van der Waals surface area (Å²) in [5.74, 6) is -0.767. The maximum absolute atomic E-state index is 12.0. The van der Waals surface area contributed by atoms with Crippen molar-refractivity contribution in [3.05, 3.63) is 29.6 Å². The third-order valence-electron chi connectivity index (χ3n) is 2.62. The summed E-state index contributed by atoms with van der Waals surface area (Å²) in [5, 5.41) is 8.84. The molecule has 1 heterocycles. The van der Waals surface area contributed by atoms with Gasteiger partial charge in [0.25, 0.3) is 5.91 Å². The Morgan fingerprint density at radius 2 is 1.94 bits per heavy atom. The number of carbonyl (C=O) groups is 2. The van der Waals surface area contributed by atoms with Crippen molar-refractivity contribution in [1.29, 1.82) is 0 Å². The highest BCUT2D eigenvalue weighted by Crippen LogP contribution is 2.08. The lowest BCUT2D eigenvalue weighted by Gasteiger charge is -2.18. The molecule has 1 aromatic rings. The molecule has 1 rings (SSSR count). The van der Waals surface area contributed by atoms with Crippen LogP contribution in [0, 0.1) is 5.92 Å². The average molecular weight is 250 g/mol. The molecule has 0 spiro atoms. The highest BCUT2D eigenvalue weighted by atomic mass is 16.4. The molecule has 0 saturated heterocycles. The van der Waals surface area contributed by atoms with E-state index < -0.39 is 5.97 Å². The van der Waals surface area contributed by atoms with Gasteiger partial charge in [-0.2, -0.15) is 0 Å². The van der Waals surface area contributed by atoms with Crippen molar-refractivity contribution in [1.82, 2.24) is 9.88 Å². The van der Waals surface area contributed by atoms with E-state index in [0.717, 1.165) is 6.42 Å². The lowest BCUT2D eigenvalue weighted by atomic mass is 10.1. The minimum atomic E-state index is -1.08. The molecule has 0 aliphatic carbocycles. The van der Waals surface area contributed by atoms with Crippen LogP contribution in [0.25, 0.3) is 0 Å². The number of hydrogen-bond acceptors (Lipinski definition) is 3. The molecule has 0 aromatic carbocycles. The van der Waals surface area contributed by atoms with E-state index in [2.05, 4.69) is 18.8 Å². The van der Waals surface area contributed by atoms with Gasteiger partial charge in [0.05, 0.1) is 11.1 Å². The van der Waals surface area contributed by atoms with Crippen molar-refractivity contribution < 1.29 is 14.7 Å². The zero-order valence-corrected chi connectivity index (χ0v) is 10.9. The van der Waals surface area contributed by atoms with Crippen molar-refractivity contribution in [2.24, 2.45) is 5.92 Å². The lowest BCUT2D eigenvalue weighted by Crippen LogP contribution is -2.28. The topological polar surface area (TPSA) is 70.5 Å². The predicted octanol–water partition coefficient (Wildman–Crippen LogP) is 1.90. The first-order chi connectivity index (χ1) is 8.41. The van der Waals surface area contributed by atoms with Gasteiger partial charge in [-0.15, -0.1) is 0 Å². The SMILES string of the molecule is CC(C)CCN(C)C(=O)c1cncc(C(=O)O)c1. The van der Waals surface area contributed by atoms with Crippen LogP contribution in [0.15, 0.2) is 18.5 Å². The van der Waals surface area contributed by atoms with Crippen molar-refractivity contribution in [3.8, 4) is 0 Å². The second kappa shape index (κ2) is 6.14. The van der Waals surface area contributed by atoms with E-state index in [1.165, 1.54) is 18.5 Å². The maximum atomic E-state index is 12.0. The molecule has 1 amide bonds. The standard InChI is InChI=1S/C13H18N2O3/c1-9(2)4-5-15(3)12(16)10-6-11(13(17)18)8-14-7-10/h6-9H,4-5H2,1-3H3,(H,17,18). The Morgan fingerprint density at radius 1 is 1.33 bits per heavy atom. The van der Waals surface area contributed by atoms with Crippen LogP contribution in [-0.2, 0) is 0 Å². The van der Waals surface area contributed by atoms with Crippen LogP contribution in [0.2, 0.25) is 0 Å². The molecule has 98 valence electrons. The quantitative estimate of drug-likeness (QED) is 0.866. The molecule has 18 heavy (non-hydrogen) atoms. The number of carboxylic acid groups (broad SMARTS) is 1. The summed E-state index contributed by atoms with van der Waals surface area (Å²) in [7, 11) is 1.71. The average Bonchev–Trinajstić information content (AvgIpc) is 2.35. The minimum Gasteiger partial charge on any atom is -0.478 e. The van der Waals surface area contributed by atoms with Crippen LogP contribution in [0.3, 0.4) is 0 Å². The van der Waals surface area contributed by atoms with Gasteiger partial charge in [-0.3, -0.25) is 9.78 Å². The summed E-state index contributed by atoms with van der Waals surface area (Å²) < 4.78 is 0. The molecule has 5 heteroatoms. The molecule has 0 fully saturated rings. The zero-order chi connectivity index (χ0) is 13.7. The number of amides is 1. The predicted molar refractivity (Wildman–Crippen MR) is 67.6 cm³/mol. The summed E-state index contributed by atoms with van der Waals surface area (Å²) >= 11 is 0. The Hall–Kier alpha value is -1.91. The van der Waals surface area contributed by atoms with Gasteiger partial charge in [0.1, 0.15) is 0 Å². The fraction of sp³-hybridized carbons (Fsp3) is 0.462. The van der Waals surface area contributed by atoms with Crippen molar-refractivity contribution in [2.45, 2.75) is 20.3 Å². The van der Waals surface area contributed by atoms with Crippen molar-refractivity contribution in [3.63, 3.8) is 0 Å². The third-order valence-corrected chi connectivity index (χ3v) is 2.62. The lowest BCUT2D eigenvalue weighted by molar-refractivity contribution is 0.0696. The molecule has 1 aromatic heterocycles. The van der Waals surface area contributed by atoms with Crippen LogP contribution < -0.4 is 0 Å².